The minimum Gasteiger partial charge on any atom is -0.504 e. The molecule has 1 aromatic carbocycles. The number of aromatic hydroxyl groups is 1. The van der Waals surface area contributed by atoms with Crippen molar-refractivity contribution in [1.82, 2.24) is 0 Å². The summed E-state index contributed by atoms with van der Waals surface area (Å²) in [5.74, 6) is -5.03. The lowest BCUT2D eigenvalue weighted by Gasteiger charge is -2.43. The molecule has 2 saturated heterocycles. The first-order valence-corrected chi connectivity index (χ1v) is 15.8. The fraction of sp³-hybridized carbons (Fsp3) is 0.429. The van der Waals surface area contributed by atoms with E-state index in [9.17, 15) is 50.4 Å². The Morgan fingerprint density at radius 3 is 2.14 bits per heavy atom. The van der Waals surface area contributed by atoms with Crippen molar-refractivity contribution in [3.05, 3.63) is 90.1 Å². The van der Waals surface area contributed by atoms with E-state index in [2.05, 4.69) is 0 Å². The van der Waals surface area contributed by atoms with Gasteiger partial charge in [0.15, 0.2) is 17.8 Å². The Kier molecular flexibility index (Phi) is 15.7. The van der Waals surface area contributed by atoms with Gasteiger partial charge in [0.2, 0.25) is 5.79 Å². The first-order chi connectivity index (χ1) is 23.9. The van der Waals surface area contributed by atoms with Crippen LogP contribution in [-0.4, -0.2) is 127 Å². The summed E-state index contributed by atoms with van der Waals surface area (Å²) in [7, 11) is 0. The highest BCUT2D eigenvalue weighted by Gasteiger charge is 2.58. The van der Waals surface area contributed by atoms with E-state index in [1.165, 1.54) is 18.2 Å². The first kappa shape index (κ1) is 40.4. The summed E-state index contributed by atoms with van der Waals surface area (Å²) in [5, 5.41) is 81.8. The van der Waals surface area contributed by atoms with E-state index in [0.29, 0.717) is 0 Å². The quantitative estimate of drug-likeness (QED) is 0.0530. The van der Waals surface area contributed by atoms with Crippen LogP contribution in [0.25, 0.3) is 6.08 Å². The topological polar surface area (TPSA) is 242 Å². The van der Waals surface area contributed by atoms with Crippen molar-refractivity contribution in [2.75, 3.05) is 19.8 Å². The van der Waals surface area contributed by atoms with Gasteiger partial charge in [0.1, 0.15) is 55.9 Å². The maximum absolute atomic E-state index is 13.1. The number of phenols is 1. The van der Waals surface area contributed by atoms with Crippen molar-refractivity contribution in [2.45, 2.75) is 75.1 Å². The maximum atomic E-state index is 13.1. The molecule has 8 N–H and O–H groups in total. The molecule has 2 aliphatic heterocycles. The van der Waals surface area contributed by atoms with E-state index < -0.39 is 92.3 Å². The molecule has 0 aliphatic carbocycles. The third-order valence-electron chi connectivity index (χ3n) is 7.56. The molecule has 0 radical (unpaired) electrons. The maximum Gasteiger partial charge on any atom is 0.338 e. The van der Waals surface area contributed by atoms with E-state index in [1.807, 2.05) is 37.3 Å². The Bertz CT molecular complexity index is 1460. The van der Waals surface area contributed by atoms with Crippen LogP contribution in [0.5, 0.6) is 11.5 Å². The molecule has 2 heterocycles. The summed E-state index contributed by atoms with van der Waals surface area (Å²) in [6, 6.07) is 2.24. The molecule has 15 nitrogen and oxygen atoms in total. The van der Waals surface area contributed by atoms with E-state index in [-0.39, 0.29) is 16.9 Å². The minimum absolute atomic E-state index is 0.172. The van der Waals surface area contributed by atoms with E-state index >= 15 is 0 Å². The van der Waals surface area contributed by atoms with Crippen LogP contribution in [0.15, 0.2) is 79.0 Å². The van der Waals surface area contributed by atoms with Crippen LogP contribution >= 0.6 is 0 Å². The van der Waals surface area contributed by atoms with Crippen LogP contribution in [0, 0.1) is 0 Å². The summed E-state index contributed by atoms with van der Waals surface area (Å²) in [4.78, 5) is 25.5. The zero-order chi connectivity index (χ0) is 36.8. The molecule has 1 aromatic rings. The number of ether oxygens (including phenoxy) is 5. The third-order valence-corrected chi connectivity index (χ3v) is 7.56. The van der Waals surface area contributed by atoms with Crippen molar-refractivity contribution in [1.29, 1.82) is 0 Å². The van der Waals surface area contributed by atoms with Gasteiger partial charge in [-0.3, -0.25) is 0 Å². The molecular weight excluding hydrogens is 660 g/mol. The van der Waals surface area contributed by atoms with Gasteiger partial charge in [-0.2, -0.15) is 0 Å². The fourth-order valence-corrected chi connectivity index (χ4v) is 4.89. The van der Waals surface area contributed by atoms with Crippen molar-refractivity contribution in [3.63, 3.8) is 0 Å². The highest BCUT2D eigenvalue weighted by molar-refractivity contribution is 5.95. The highest BCUT2D eigenvalue weighted by atomic mass is 16.8. The minimum atomic E-state index is -2.39. The molecule has 50 heavy (non-hydrogen) atoms. The lowest BCUT2D eigenvalue weighted by molar-refractivity contribution is -0.383. The number of allylic oxidation sites excluding steroid dienone is 10. The number of hydrogen-bond acceptors (Lipinski definition) is 15. The normalized spacial score (nSPS) is 30.6. The number of carbonyl (C=O) groups excluding carboxylic acids is 2. The fourth-order valence-electron chi connectivity index (χ4n) is 4.89. The van der Waals surface area contributed by atoms with Gasteiger partial charge in [-0.05, 0) is 31.0 Å². The average Bonchev–Trinajstić information content (AvgIpc) is 3.34. The SMILES string of the molecule is C/C=C/c1cc(OC(=O)/C=C/C=C/C=C/C=C/C=C/CC)c(O)cc1C(=O)OC[C@H]1O[C@H](O[C@]2(CO)O[C@H](CO)[C@@H](O)[C@@H]2O)[C@H](O)[C@@H](O)[C@@H]1O. The van der Waals surface area contributed by atoms with Gasteiger partial charge >= 0.3 is 11.9 Å². The molecule has 2 fully saturated rings. The average molecular weight is 705 g/mol. The Hall–Kier alpha value is -4.00. The van der Waals surface area contributed by atoms with Crippen molar-refractivity contribution < 1.29 is 74.1 Å². The molecule has 15 heteroatoms. The van der Waals surface area contributed by atoms with Crippen LogP contribution in [0.2, 0.25) is 0 Å². The number of hydrogen-bond donors (Lipinski definition) is 8. The van der Waals surface area contributed by atoms with Crippen molar-refractivity contribution >= 4 is 18.0 Å². The van der Waals surface area contributed by atoms with Gasteiger partial charge < -0.3 is 64.5 Å². The molecule has 0 bridgehead atoms. The zero-order valence-electron chi connectivity index (χ0n) is 27.5. The molecule has 9 atom stereocenters. The summed E-state index contributed by atoms with van der Waals surface area (Å²) in [5.41, 5.74) is 0.0132. The molecule has 0 aromatic heterocycles. The third kappa shape index (κ3) is 10.3. The van der Waals surface area contributed by atoms with E-state index in [4.69, 9.17) is 23.7 Å². The molecule has 0 spiro atoms. The second-order valence-corrected chi connectivity index (χ2v) is 11.2. The van der Waals surface area contributed by atoms with Gasteiger partial charge in [0.05, 0.1) is 12.2 Å². The lowest BCUT2D eigenvalue weighted by atomic mass is 9.98. The lowest BCUT2D eigenvalue weighted by Crippen LogP contribution is -2.62. The predicted molar refractivity (Wildman–Crippen MR) is 176 cm³/mol. The summed E-state index contributed by atoms with van der Waals surface area (Å²) in [6.45, 7) is 1.13. The van der Waals surface area contributed by atoms with Crippen LogP contribution in [0.3, 0.4) is 0 Å². The summed E-state index contributed by atoms with van der Waals surface area (Å²) in [6.07, 6.45) is 7.02. The smallest absolute Gasteiger partial charge is 0.338 e. The van der Waals surface area contributed by atoms with Gasteiger partial charge in [-0.15, -0.1) is 0 Å². The molecule has 0 amide bonds. The van der Waals surface area contributed by atoms with Crippen LogP contribution in [0.4, 0.5) is 0 Å². The molecule has 3 rings (SSSR count). The van der Waals surface area contributed by atoms with Crippen LogP contribution in [0.1, 0.15) is 36.2 Å². The van der Waals surface area contributed by atoms with E-state index in [0.717, 1.165) is 18.6 Å². The van der Waals surface area contributed by atoms with E-state index in [1.54, 1.807) is 31.2 Å². The van der Waals surface area contributed by atoms with Crippen LogP contribution in [-0.2, 0) is 23.7 Å². The van der Waals surface area contributed by atoms with Gasteiger partial charge in [-0.25, -0.2) is 9.59 Å². The van der Waals surface area contributed by atoms with Crippen molar-refractivity contribution in [3.8, 4) is 11.5 Å². The van der Waals surface area contributed by atoms with Crippen molar-refractivity contribution in [2.24, 2.45) is 0 Å². The Morgan fingerprint density at radius 2 is 1.54 bits per heavy atom. The molecule has 0 unspecified atom stereocenters. The number of phenolic OH excluding ortho intramolecular Hbond substituents is 1. The Balaban J connectivity index is 1.67. The Labute approximate surface area is 288 Å². The second-order valence-electron chi connectivity index (χ2n) is 11.2. The number of benzene rings is 1. The standard InChI is InChI=1S/C35H44O15/c1-3-5-6-7-8-9-10-11-12-13-15-27(39)47-24-16-21(14-4-2)22(17-23(24)38)33(45)46-19-26-28(40)30(42)31(43)34(48-26)50-35(20-37)32(44)29(41)25(18-36)49-35/h4-17,25-26,28-32,34,36-38,40-44H,3,18-20H2,1-2H3/b6-5+,8-7+,10-9+,12-11+,14-4+,15-13+/t25-,26-,28-,29-,30+,31-,32+,34-,35+/m1/s1. The summed E-state index contributed by atoms with van der Waals surface area (Å²) < 4.78 is 26.8. The summed E-state index contributed by atoms with van der Waals surface area (Å²) >= 11 is 0. The molecule has 274 valence electrons. The highest BCUT2D eigenvalue weighted by Crippen LogP contribution is 2.36. The first-order valence-electron chi connectivity index (χ1n) is 15.8. The zero-order valence-corrected chi connectivity index (χ0v) is 27.5. The number of aliphatic hydroxyl groups excluding tert-OH is 7. The van der Waals surface area contributed by atoms with Crippen LogP contribution < -0.4 is 4.74 Å². The van der Waals surface area contributed by atoms with Gasteiger partial charge in [0, 0.05) is 6.08 Å². The largest absolute Gasteiger partial charge is 0.504 e. The Morgan fingerprint density at radius 1 is 0.880 bits per heavy atom. The molecule has 0 saturated carbocycles. The monoisotopic (exact) mass is 704 g/mol. The number of esters is 2. The van der Waals surface area contributed by atoms with Gasteiger partial charge in [-0.1, -0.05) is 73.8 Å². The second kappa shape index (κ2) is 19.4. The van der Waals surface area contributed by atoms with Gasteiger partial charge in [0.25, 0.3) is 0 Å². The number of carbonyl (C=O) groups is 2. The molecular formula is C35H44O15. The molecule has 2 aliphatic rings. The number of rotatable bonds is 15. The predicted octanol–water partition coefficient (Wildman–Crippen LogP) is 0.304. The number of aliphatic hydroxyl groups is 7.